The van der Waals surface area contributed by atoms with Crippen molar-refractivity contribution >= 4 is 27.3 Å². The van der Waals surface area contributed by atoms with Crippen LogP contribution in [0.5, 0.6) is 0 Å². The SMILES string of the molecule is Cc1ccc(CNC(=O)[C@H]2CCCN(S(=O)(=O)c3cc(-c4noc(C)n4)cs3)C2)cc1. The van der Waals surface area contributed by atoms with E-state index in [4.69, 9.17) is 4.52 Å². The Kier molecular flexibility index (Phi) is 6.22. The Labute approximate surface area is 185 Å². The van der Waals surface area contributed by atoms with Crippen molar-refractivity contribution in [3.05, 3.63) is 52.7 Å². The van der Waals surface area contributed by atoms with Crippen LogP contribution in [0.1, 0.15) is 29.9 Å². The number of amides is 1. The zero-order chi connectivity index (χ0) is 22.0. The monoisotopic (exact) mass is 460 g/mol. The first-order valence-corrected chi connectivity index (χ1v) is 12.4. The highest BCUT2D eigenvalue weighted by molar-refractivity contribution is 7.91. The van der Waals surface area contributed by atoms with Gasteiger partial charge in [0.15, 0.2) is 0 Å². The van der Waals surface area contributed by atoms with Gasteiger partial charge in [-0.1, -0.05) is 35.0 Å². The Morgan fingerprint density at radius 1 is 1.29 bits per heavy atom. The quantitative estimate of drug-likeness (QED) is 0.606. The second kappa shape index (κ2) is 8.89. The van der Waals surface area contributed by atoms with Crippen molar-refractivity contribution in [2.24, 2.45) is 5.92 Å². The molecule has 31 heavy (non-hydrogen) atoms. The van der Waals surface area contributed by atoms with Crippen LogP contribution in [0.2, 0.25) is 0 Å². The number of aryl methyl sites for hydroxylation is 2. The molecule has 1 aliphatic rings. The Bertz CT molecular complexity index is 1170. The molecule has 1 aliphatic heterocycles. The fourth-order valence-electron chi connectivity index (χ4n) is 3.53. The molecule has 3 heterocycles. The van der Waals surface area contributed by atoms with Crippen LogP contribution in [0.4, 0.5) is 0 Å². The molecule has 0 spiro atoms. The van der Waals surface area contributed by atoms with E-state index in [1.807, 2.05) is 31.2 Å². The van der Waals surface area contributed by atoms with Crippen molar-refractivity contribution in [1.29, 1.82) is 0 Å². The average molecular weight is 461 g/mol. The maximum absolute atomic E-state index is 13.2. The molecule has 4 rings (SSSR count). The first-order valence-electron chi connectivity index (χ1n) is 10.1. The molecular weight excluding hydrogens is 436 g/mol. The third-order valence-corrected chi connectivity index (χ3v) is 8.58. The minimum atomic E-state index is -3.70. The molecule has 8 nitrogen and oxygen atoms in total. The molecule has 2 aromatic heterocycles. The van der Waals surface area contributed by atoms with E-state index >= 15 is 0 Å². The summed E-state index contributed by atoms with van der Waals surface area (Å²) in [6.07, 6.45) is 1.31. The van der Waals surface area contributed by atoms with Gasteiger partial charge in [-0.05, 0) is 31.4 Å². The van der Waals surface area contributed by atoms with Crippen LogP contribution in [0, 0.1) is 19.8 Å². The lowest BCUT2D eigenvalue weighted by molar-refractivity contribution is -0.126. The van der Waals surface area contributed by atoms with Crippen LogP contribution >= 0.6 is 11.3 Å². The standard InChI is InChI=1S/C21H24N4O4S2/c1-14-5-7-16(8-6-14)11-22-21(26)17-4-3-9-25(12-17)31(27,28)19-10-18(13-30-19)20-23-15(2)29-24-20/h5-8,10,13,17H,3-4,9,11-12H2,1-2H3,(H,22,26)/t17-/m0/s1. The molecule has 1 amide bonds. The first-order chi connectivity index (χ1) is 14.8. The number of benzene rings is 1. The summed E-state index contributed by atoms with van der Waals surface area (Å²) in [5, 5.41) is 8.48. The number of hydrogen-bond acceptors (Lipinski definition) is 7. The van der Waals surface area contributed by atoms with Gasteiger partial charge in [-0.25, -0.2) is 8.42 Å². The number of sulfonamides is 1. The fraction of sp³-hybridized carbons (Fsp3) is 0.381. The third-order valence-electron chi connectivity index (χ3n) is 5.30. The third kappa shape index (κ3) is 4.86. The maximum atomic E-state index is 13.2. The number of carbonyl (C=O) groups is 1. The van der Waals surface area contributed by atoms with Crippen LogP contribution < -0.4 is 5.32 Å². The zero-order valence-corrected chi connectivity index (χ0v) is 19.0. The zero-order valence-electron chi connectivity index (χ0n) is 17.4. The van der Waals surface area contributed by atoms with Gasteiger partial charge in [0.2, 0.25) is 17.6 Å². The van der Waals surface area contributed by atoms with E-state index < -0.39 is 10.0 Å². The number of carbonyl (C=O) groups excluding carboxylic acids is 1. The van der Waals surface area contributed by atoms with E-state index in [-0.39, 0.29) is 22.6 Å². The van der Waals surface area contributed by atoms with Crippen molar-refractivity contribution in [3.8, 4) is 11.4 Å². The van der Waals surface area contributed by atoms with Crippen molar-refractivity contribution in [1.82, 2.24) is 19.8 Å². The normalized spacial score (nSPS) is 17.5. The number of rotatable bonds is 6. The second-order valence-electron chi connectivity index (χ2n) is 7.70. The molecule has 1 aromatic carbocycles. The van der Waals surface area contributed by atoms with E-state index in [0.717, 1.165) is 22.5 Å². The average Bonchev–Trinajstić information content (AvgIpc) is 3.43. The van der Waals surface area contributed by atoms with Crippen LogP contribution in [0.15, 0.2) is 44.4 Å². The van der Waals surface area contributed by atoms with Gasteiger partial charge in [0.05, 0.1) is 5.92 Å². The number of nitrogens with zero attached hydrogens (tertiary/aromatic N) is 3. The van der Waals surface area contributed by atoms with Crippen molar-refractivity contribution in [3.63, 3.8) is 0 Å². The summed E-state index contributed by atoms with van der Waals surface area (Å²) in [6.45, 7) is 4.70. The van der Waals surface area contributed by atoms with Gasteiger partial charge in [-0.3, -0.25) is 4.79 Å². The molecule has 3 aromatic rings. The van der Waals surface area contributed by atoms with Crippen molar-refractivity contribution in [2.45, 2.75) is 37.4 Å². The van der Waals surface area contributed by atoms with Gasteiger partial charge in [0, 0.05) is 37.5 Å². The lowest BCUT2D eigenvalue weighted by atomic mass is 9.98. The molecule has 0 aliphatic carbocycles. The molecular formula is C21H24N4O4S2. The van der Waals surface area contributed by atoms with Gasteiger partial charge in [0.1, 0.15) is 4.21 Å². The number of hydrogen-bond donors (Lipinski definition) is 1. The summed E-state index contributed by atoms with van der Waals surface area (Å²) in [7, 11) is -3.70. The van der Waals surface area contributed by atoms with Gasteiger partial charge >= 0.3 is 0 Å². The van der Waals surface area contributed by atoms with Crippen molar-refractivity contribution < 1.29 is 17.7 Å². The Morgan fingerprint density at radius 2 is 2.06 bits per heavy atom. The molecule has 1 atom stereocenters. The number of aromatic nitrogens is 2. The van der Waals surface area contributed by atoms with E-state index in [1.165, 1.54) is 4.31 Å². The van der Waals surface area contributed by atoms with Gasteiger partial charge in [-0.2, -0.15) is 9.29 Å². The molecule has 0 saturated carbocycles. The van der Waals surface area contributed by atoms with Crippen LogP contribution in [0.3, 0.4) is 0 Å². The summed E-state index contributed by atoms with van der Waals surface area (Å²) < 4.78 is 32.9. The largest absolute Gasteiger partial charge is 0.352 e. The molecule has 164 valence electrons. The Balaban J connectivity index is 1.41. The topological polar surface area (TPSA) is 105 Å². The van der Waals surface area contributed by atoms with E-state index in [2.05, 4.69) is 15.5 Å². The first kappa shape index (κ1) is 21.7. The van der Waals surface area contributed by atoms with E-state index in [9.17, 15) is 13.2 Å². The molecule has 1 saturated heterocycles. The molecule has 0 unspecified atom stereocenters. The van der Waals surface area contributed by atoms with Crippen LogP contribution in [-0.2, 0) is 21.4 Å². The predicted molar refractivity (Wildman–Crippen MR) is 117 cm³/mol. The molecule has 1 fully saturated rings. The highest BCUT2D eigenvalue weighted by Crippen LogP contribution is 2.31. The molecule has 0 radical (unpaired) electrons. The van der Waals surface area contributed by atoms with Gasteiger partial charge < -0.3 is 9.84 Å². The van der Waals surface area contributed by atoms with Crippen molar-refractivity contribution in [2.75, 3.05) is 13.1 Å². The predicted octanol–water partition coefficient (Wildman–Crippen LogP) is 3.13. The second-order valence-corrected chi connectivity index (χ2v) is 10.8. The van der Waals surface area contributed by atoms with Gasteiger partial charge in [-0.15, -0.1) is 11.3 Å². The number of nitrogens with one attached hydrogen (secondary N) is 1. The Morgan fingerprint density at radius 3 is 2.77 bits per heavy atom. The highest BCUT2D eigenvalue weighted by atomic mass is 32.2. The lowest BCUT2D eigenvalue weighted by Crippen LogP contribution is -2.45. The minimum Gasteiger partial charge on any atom is -0.352 e. The number of piperidine rings is 1. The summed E-state index contributed by atoms with van der Waals surface area (Å²) in [4.78, 5) is 16.8. The Hall–Kier alpha value is -2.56. The van der Waals surface area contributed by atoms with E-state index in [0.29, 0.717) is 43.2 Å². The highest BCUT2D eigenvalue weighted by Gasteiger charge is 2.34. The summed E-state index contributed by atoms with van der Waals surface area (Å²) >= 11 is 1.12. The van der Waals surface area contributed by atoms with E-state index in [1.54, 1.807) is 18.4 Å². The van der Waals surface area contributed by atoms with Gasteiger partial charge in [0.25, 0.3) is 10.0 Å². The molecule has 1 N–H and O–H groups in total. The summed E-state index contributed by atoms with van der Waals surface area (Å²) in [6, 6.07) is 9.52. The lowest BCUT2D eigenvalue weighted by Gasteiger charge is -2.30. The summed E-state index contributed by atoms with van der Waals surface area (Å²) in [5.74, 6) is 0.297. The molecule has 10 heteroatoms. The maximum Gasteiger partial charge on any atom is 0.252 e. The number of thiophene rings is 1. The minimum absolute atomic E-state index is 0.116. The smallest absolute Gasteiger partial charge is 0.252 e. The molecule has 0 bridgehead atoms. The van der Waals surface area contributed by atoms with Crippen LogP contribution in [-0.4, -0.2) is 41.9 Å². The van der Waals surface area contributed by atoms with Crippen LogP contribution in [0.25, 0.3) is 11.4 Å². The summed E-state index contributed by atoms with van der Waals surface area (Å²) in [5.41, 5.74) is 2.78. The fourth-order valence-corrected chi connectivity index (χ4v) is 6.36.